The van der Waals surface area contributed by atoms with Gasteiger partial charge < -0.3 is 13.7 Å². The molecule has 0 rings (SSSR count). The van der Waals surface area contributed by atoms with Crippen LogP contribution in [-0.4, -0.2) is 76.5 Å². The second-order valence-corrected chi connectivity index (χ2v) is 13.4. The van der Waals surface area contributed by atoms with Crippen molar-refractivity contribution in [3.63, 3.8) is 0 Å². The van der Waals surface area contributed by atoms with Crippen LogP contribution in [0.5, 0.6) is 0 Å². The van der Waals surface area contributed by atoms with E-state index >= 15 is 0 Å². The van der Waals surface area contributed by atoms with Gasteiger partial charge in [0.25, 0.3) is 0 Å². The topological polar surface area (TPSA) is 9.23 Å². The maximum absolute atomic E-state index is 6.09. The molecule has 0 saturated carbocycles. The second-order valence-electron chi connectivity index (χ2n) is 13.4. The fourth-order valence-electron chi connectivity index (χ4n) is 5.36. The third kappa shape index (κ3) is 28.7. The zero-order chi connectivity index (χ0) is 27.5. The van der Waals surface area contributed by atoms with Gasteiger partial charge in [0.2, 0.25) is 0 Å². The van der Waals surface area contributed by atoms with Crippen LogP contribution in [-0.2, 0) is 4.74 Å². The average Bonchev–Trinajstić information content (AvgIpc) is 2.85. The molecule has 0 fully saturated rings. The van der Waals surface area contributed by atoms with Crippen molar-refractivity contribution in [2.75, 3.05) is 67.6 Å². The summed E-state index contributed by atoms with van der Waals surface area (Å²) in [5.41, 5.74) is 0. The molecule has 0 saturated heterocycles. The van der Waals surface area contributed by atoms with Crippen LogP contribution in [0.3, 0.4) is 0 Å². The van der Waals surface area contributed by atoms with E-state index in [1.807, 2.05) is 0 Å². The fourth-order valence-corrected chi connectivity index (χ4v) is 5.36. The summed E-state index contributed by atoms with van der Waals surface area (Å²) in [4.78, 5) is 0. The Kier molecular flexibility index (Phi) is 26.0. The molecular formula is C34H74N2O+2. The number of nitrogens with zero attached hydrogens (tertiary/aromatic N) is 2. The Labute approximate surface area is 236 Å². The highest BCUT2D eigenvalue weighted by Crippen LogP contribution is 2.13. The molecule has 0 radical (unpaired) electrons. The maximum atomic E-state index is 6.09. The highest BCUT2D eigenvalue weighted by molar-refractivity contribution is 4.50. The Morgan fingerprint density at radius 3 is 0.838 bits per heavy atom. The number of unbranched alkanes of at least 4 members (excludes halogenated alkanes) is 20. The van der Waals surface area contributed by atoms with Crippen LogP contribution in [0.25, 0.3) is 0 Å². The van der Waals surface area contributed by atoms with Gasteiger partial charge in [0, 0.05) is 0 Å². The predicted molar refractivity (Wildman–Crippen MR) is 167 cm³/mol. The molecule has 0 amide bonds. The van der Waals surface area contributed by atoms with Crippen LogP contribution in [0.1, 0.15) is 155 Å². The van der Waals surface area contributed by atoms with Crippen molar-refractivity contribution in [1.82, 2.24) is 0 Å². The monoisotopic (exact) mass is 527 g/mol. The Balaban J connectivity index is 3.53. The van der Waals surface area contributed by atoms with Gasteiger partial charge in [-0.2, -0.15) is 0 Å². The Bertz CT molecular complexity index is 409. The van der Waals surface area contributed by atoms with E-state index in [9.17, 15) is 0 Å². The van der Waals surface area contributed by atoms with E-state index in [-0.39, 0.29) is 0 Å². The van der Waals surface area contributed by atoms with Crippen molar-refractivity contribution in [2.45, 2.75) is 155 Å². The van der Waals surface area contributed by atoms with Crippen LogP contribution in [0, 0.1) is 0 Å². The van der Waals surface area contributed by atoms with Gasteiger partial charge in [-0.05, 0) is 25.7 Å². The molecular weight excluding hydrogens is 452 g/mol. The number of ether oxygens (including phenoxy) is 1. The summed E-state index contributed by atoms with van der Waals surface area (Å²) in [7, 11) is 9.52. The first-order valence-electron chi connectivity index (χ1n) is 17.0. The lowest BCUT2D eigenvalue weighted by atomic mass is 10.1. The smallest absolute Gasteiger partial charge is 0.102 e. The van der Waals surface area contributed by atoms with Crippen molar-refractivity contribution in [2.24, 2.45) is 0 Å². The van der Waals surface area contributed by atoms with Crippen LogP contribution in [0.15, 0.2) is 0 Å². The second kappa shape index (κ2) is 26.1. The summed E-state index contributed by atoms with van der Waals surface area (Å²) in [6.45, 7) is 11.3. The molecule has 0 heterocycles. The minimum absolute atomic E-state index is 0.906. The first-order valence-corrected chi connectivity index (χ1v) is 17.0. The van der Waals surface area contributed by atoms with Gasteiger partial charge in [-0.25, -0.2) is 0 Å². The highest BCUT2D eigenvalue weighted by Gasteiger charge is 2.16. The highest BCUT2D eigenvalue weighted by atomic mass is 16.5. The minimum Gasteiger partial charge on any atom is -0.370 e. The molecule has 3 heteroatoms. The van der Waals surface area contributed by atoms with E-state index < -0.39 is 0 Å². The molecule has 37 heavy (non-hydrogen) atoms. The summed E-state index contributed by atoms with van der Waals surface area (Å²) in [5, 5.41) is 0. The van der Waals surface area contributed by atoms with Gasteiger partial charge in [0.05, 0.1) is 54.5 Å². The normalized spacial score (nSPS) is 12.5. The molecule has 0 aromatic heterocycles. The van der Waals surface area contributed by atoms with Gasteiger partial charge >= 0.3 is 0 Å². The maximum Gasteiger partial charge on any atom is 0.102 e. The molecule has 0 aliphatic heterocycles. The third-order valence-electron chi connectivity index (χ3n) is 8.42. The van der Waals surface area contributed by atoms with E-state index in [4.69, 9.17) is 4.74 Å². The zero-order valence-electron chi connectivity index (χ0n) is 27.1. The molecule has 3 nitrogen and oxygen atoms in total. The van der Waals surface area contributed by atoms with E-state index in [1.165, 1.54) is 154 Å². The summed E-state index contributed by atoms with van der Waals surface area (Å²) >= 11 is 0. The van der Waals surface area contributed by atoms with Gasteiger partial charge in [-0.1, -0.05) is 129 Å². The Morgan fingerprint density at radius 2 is 0.568 bits per heavy atom. The molecule has 0 aromatic rings. The predicted octanol–water partition coefficient (Wildman–Crippen LogP) is 9.78. The number of likely N-dealkylation sites (N-methyl/N-ethyl adjacent to an activating group) is 2. The summed E-state index contributed by atoms with van der Waals surface area (Å²) in [6.07, 6.45) is 31.4. The lowest BCUT2D eigenvalue weighted by molar-refractivity contribution is -0.894. The van der Waals surface area contributed by atoms with Gasteiger partial charge in [0.15, 0.2) is 0 Å². The van der Waals surface area contributed by atoms with Crippen molar-refractivity contribution < 1.29 is 13.7 Å². The van der Waals surface area contributed by atoms with E-state index in [0.29, 0.717) is 0 Å². The summed E-state index contributed by atoms with van der Waals surface area (Å²) in [6, 6.07) is 0. The molecule has 0 aliphatic carbocycles. The molecule has 0 aliphatic rings. The van der Waals surface area contributed by atoms with Gasteiger partial charge in [-0.3, -0.25) is 0 Å². The zero-order valence-corrected chi connectivity index (χ0v) is 27.1. The van der Waals surface area contributed by atoms with Crippen LogP contribution in [0.2, 0.25) is 0 Å². The Morgan fingerprint density at radius 1 is 0.324 bits per heavy atom. The van der Waals surface area contributed by atoms with Crippen molar-refractivity contribution in [1.29, 1.82) is 0 Å². The van der Waals surface area contributed by atoms with Crippen molar-refractivity contribution in [3.05, 3.63) is 0 Å². The average molecular weight is 527 g/mol. The lowest BCUT2D eigenvalue weighted by Crippen LogP contribution is -2.45. The molecule has 224 valence electrons. The molecule has 0 unspecified atom stereocenters. The number of hydrogen-bond acceptors (Lipinski definition) is 1. The number of quaternary nitrogens is 2. The van der Waals surface area contributed by atoms with Gasteiger partial charge in [-0.15, -0.1) is 0 Å². The largest absolute Gasteiger partial charge is 0.370 e. The minimum atomic E-state index is 0.906. The Hall–Kier alpha value is -0.120. The number of rotatable bonds is 30. The molecule has 0 aromatic carbocycles. The fraction of sp³-hybridized carbons (Fsp3) is 1.00. The first kappa shape index (κ1) is 36.9. The third-order valence-corrected chi connectivity index (χ3v) is 8.42. The summed E-state index contributed by atoms with van der Waals surface area (Å²) < 4.78 is 8.30. The first-order chi connectivity index (χ1) is 17.8. The van der Waals surface area contributed by atoms with E-state index in [0.717, 1.165) is 35.3 Å². The molecule has 0 bridgehead atoms. The van der Waals surface area contributed by atoms with E-state index in [2.05, 4.69) is 42.0 Å². The van der Waals surface area contributed by atoms with Crippen LogP contribution in [0.4, 0.5) is 0 Å². The SMILES string of the molecule is CCCCCCCCCCCCC[N+](C)(C)CCOCC[N+](C)(C)CCCCCCCCCCCCC. The quantitative estimate of drug-likeness (QED) is 0.0668. The van der Waals surface area contributed by atoms with Crippen molar-refractivity contribution >= 4 is 0 Å². The standard InChI is InChI=1S/C34H74N2O/c1-7-9-11-13-15-17-19-21-23-25-27-29-35(3,4)31-33-37-34-32-36(5,6)30-28-26-24-22-20-18-16-14-12-10-8-2/h7-34H2,1-6H3/q+2. The molecule has 0 atom stereocenters. The summed E-state index contributed by atoms with van der Waals surface area (Å²) in [5.74, 6) is 0. The van der Waals surface area contributed by atoms with E-state index in [1.54, 1.807) is 0 Å². The van der Waals surface area contributed by atoms with Gasteiger partial charge in [0.1, 0.15) is 13.1 Å². The molecule has 0 N–H and O–H groups in total. The molecule has 0 spiro atoms. The van der Waals surface area contributed by atoms with Crippen LogP contribution < -0.4 is 0 Å². The lowest BCUT2D eigenvalue weighted by Gasteiger charge is -2.31. The number of hydrogen-bond donors (Lipinski definition) is 0. The van der Waals surface area contributed by atoms with Crippen molar-refractivity contribution in [3.8, 4) is 0 Å². The van der Waals surface area contributed by atoms with Crippen LogP contribution >= 0.6 is 0 Å².